The number of benzene rings is 1. The Morgan fingerprint density at radius 3 is 2.55 bits per heavy atom. The Kier molecular flexibility index (Phi) is 10.3. The van der Waals surface area contributed by atoms with E-state index in [-0.39, 0.29) is 18.9 Å². The van der Waals surface area contributed by atoms with Crippen molar-refractivity contribution in [1.29, 1.82) is 5.26 Å². The molecule has 1 heterocycles. The summed E-state index contributed by atoms with van der Waals surface area (Å²) in [5.41, 5.74) is 1.90. The van der Waals surface area contributed by atoms with Crippen LogP contribution in [0.5, 0.6) is 11.5 Å². The summed E-state index contributed by atoms with van der Waals surface area (Å²) in [6.45, 7) is 2.14. The number of halogens is 1. The highest BCUT2D eigenvalue weighted by Gasteiger charge is 2.17. The molecular weight excluding hydrogens is 468 g/mol. The number of rotatable bonds is 13. The summed E-state index contributed by atoms with van der Waals surface area (Å²) in [4.78, 5) is 8.02. The van der Waals surface area contributed by atoms with Crippen LogP contribution < -0.4 is 9.47 Å². The van der Waals surface area contributed by atoms with E-state index in [1.807, 2.05) is 30.0 Å². The molecule has 0 saturated carbocycles. The third-order valence-corrected chi connectivity index (χ3v) is 5.79. The van der Waals surface area contributed by atoms with Gasteiger partial charge in [0, 0.05) is 42.7 Å². The van der Waals surface area contributed by atoms with Crippen molar-refractivity contribution in [2.24, 2.45) is 0 Å². The van der Waals surface area contributed by atoms with Crippen molar-refractivity contribution in [2.45, 2.75) is 19.6 Å². The van der Waals surface area contributed by atoms with Crippen molar-refractivity contribution in [3.63, 3.8) is 0 Å². The fourth-order valence-electron chi connectivity index (χ4n) is 3.14. The van der Waals surface area contributed by atoms with Crippen LogP contribution in [0.3, 0.4) is 0 Å². The third kappa shape index (κ3) is 9.53. The lowest BCUT2D eigenvalue weighted by molar-refractivity contribution is 0.248. The van der Waals surface area contributed by atoms with E-state index < -0.39 is 10.1 Å². The summed E-state index contributed by atoms with van der Waals surface area (Å²) in [5.74, 6) is 0.585. The molecule has 0 bridgehead atoms. The first-order valence-corrected chi connectivity index (χ1v) is 12.3. The van der Waals surface area contributed by atoms with Gasteiger partial charge in [0.05, 0.1) is 23.4 Å². The van der Waals surface area contributed by atoms with Crippen molar-refractivity contribution < 1.29 is 22.4 Å². The molecule has 0 amide bonds. The molecule has 9 nitrogen and oxygen atoms in total. The SMILES string of the molecule is COc1cc(OCc2cncc(C#N)c2)c(CN(CCCN(C)C)CCS(=O)(=O)O)cc1Cl. The van der Waals surface area contributed by atoms with Crippen molar-refractivity contribution in [1.82, 2.24) is 14.8 Å². The fraction of sp³-hybridized carbons (Fsp3) is 0.455. The summed E-state index contributed by atoms with van der Waals surface area (Å²) < 4.78 is 43.2. The van der Waals surface area contributed by atoms with Crippen LogP contribution in [0.1, 0.15) is 23.1 Å². The van der Waals surface area contributed by atoms with Crippen LogP contribution in [0.25, 0.3) is 0 Å². The summed E-state index contributed by atoms with van der Waals surface area (Å²) in [6, 6.07) is 7.15. The Morgan fingerprint density at radius 2 is 1.91 bits per heavy atom. The second kappa shape index (κ2) is 12.7. The highest BCUT2D eigenvalue weighted by Crippen LogP contribution is 2.34. The zero-order valence-corrected chi connectivity index (χ0v) is 20.6. The third-order valence-electron chi connectivity index (χ3n) is 4.79. The molecule has 0 spiro atoms. The molecule has 2 rings (SSSR count). The summed E-state index contributed by atoms with van der Waals surface area (Å²) >= 11 is 6.35. The maximum absolute atomic E-state index is 11.3. The molecule has 0 unspecified atom stereocenters. The topological polar surface area (TPSA) is 116 Å². The van der Waals surface area contributed by atoms with Crippen LogP contribution in [0, 0.1) is 11.3 Å². The molecule has 1 N–H and O–H groups in total. The smallest absolute Gasteiger partial charge is 0.266 e. The van der Waals surface area contributed by atoms with E-state index in [1.165, 1.54) is 13.3 Å². The van der Waals surface area contributed by atoms with Crippen LogP contribution in [0.4, 0.5) is 0 Å². The van der Waals surface area contributed by atoms with Crippen molar-refractivity contribution in [3.05, 3.63) is 52.3 Å². The number of methoxy groups -OCH3 is 1. The van der Waals surface area contributed by atoms with Crippen LogP contribution in [-0.2, 0) is 23.3 Å². The molecule has 2 aromatic rings. The van der Waals surface area contributed by atoms with Crippen LogP contribution in [-0.4, -0.2) is 74.3 Å². The summed E-state index contributed by atoms with van der Waals surface area (Å²) in [5, 5.41) is 9.47. The van der Waals surface area contributed by atoms with Crippen molar-refractivity contribution in [2.75, 3.05) is 46.6 Å². The average Bonchev–Trinajstić information content (AvgIpc) is 2.76. The molecule has 0 saturated heterocycles. The number of nitriles is 1. The molecule has 0 fully saturated rings. The molecule has 1 aromatic heterocycles. The van der Waals surface area contributed by atoms with Gasteiger partial charge < -0.3 is 14.4 Å². The van der Waals surface area contributed by atoms with E-state index in [0.717, 1.165) is 24.1 Å². The minimum atomic E-state index is -4.10. The Labute approximate surface area is 200 Å². The van der Waals surface area contributed by atoms with E-state index >= 15 is 0 Å². The van der Waals surface area contributed by atoms with E-state index in [9.17, 15) is 13.0 Å². The number of hydrogen-bond donors (Lipinski definition) is 1. The average molecular weight is 497 g/mol. The van der Waals surface area contributed by atoms with Gasteiger partial charge in [-0.25, -0.2) is 0 Å². The molecular formula is C22H29ClN4O5S. The largest absolute Gasteiger partial charge is 0.495 e. The molecule has 0 aliphatic rings. The zero-order chi connectivity index (χ0) is 24.4. The van der Waals surface area contributed by atoms with Gasteiger partial charge in [0.15, 0.2) is 0 Å². The lowest BCUT2D eigenvalue weighted by Gasteiger charge is -2.24. The fourth-order valence-corrected chi connectivity index (χ4v) is 3.90. The lowest BCUT2D eigenvalue weighted by atomic mass is 10.1. The number of pyridine rings is 1. The van der Waals surface area contributed by atoms with Gasteiger partial charge in [-0.2, -0.15) is 13.7 Å². The molecule has 33 heavy (non-hydrogen) atoms. The molecule has 0 radical (unpaired) electrons. The second-order valence-electron chi connectivity index (χ2n) is 7.80. The molecule has 0 aliphatic carbocycles. The minimum absolute atomic E-state index is 0.156. The van der Waals surface area contributed by atoms with Gasteiger partial charge >= 0.3 is 0 Å². The normalized spacial score (nSPS) is 11.6. The summed E-state index contributed by atoms with van der Waals surface area (Å²) in [7, 11) is 1.34. The van der Waals surface area contributed by atoms with Gasteiger partial charge in [-0.15, -0.1) is 0 Å². The van der Waals surface area contributed by atoms with E-state index in [1.54, 1.807) is 24.4 Å². The van der Waals surface area contributed by atoms with Gasteiger partial charge in [-0.1, -0.05) is 11.6 Å². The number of ether oxygens (including phenoxy) is 2. The zero-order valence-electron chi connectivity index (χ0n) is 19.0. The van der Waals surface area contributed by atoms with Gasteiger partial charge in [0.1, 0.15) is 24.2 Å². The standard InChI is InChI=1S/C22H29ClN4O5S/c1-26(2)5-4-6-27(7-8-33(28,29)30)15-19-10-20(23)22(31-3)11-21(19)32-16-18-9-17(12-24)13-25-14-18/h9-11,13-14H,4-8,15-16H2,1-3H3,(H,28,29,30). The molecule has 180 valence electrons. The Bertz CT molecular complexity index is 1070. The van der Waals surface area contributed by atoms with Gasteiger partial charge in [0.25, 0.3) is 10.1 Å². The maximum atomic E-state index is 11.3. The van der Waals surface area contributed by atoms with Crippen molar-refractivity contribution >= 4 is 21.7 Å². The van der Waals surface area contributed by atoms with Gasteiger partial charge in [-0.05, 0) is 45.7 Å². The van der Waals surface area contributed by atoms with Crippen LogP contribution in [0.2, 0.25) is 5.02 Å². The highest BCUT2D eigenvalue weighted by molar-refractivity contribution is 7.85. The van der Waals surface area contributed by atoms with Crippen molar-refractivity contribution in [3.8, 4) is 17.6 Å². The molecule has 1 aromatic carbocycles. The highest BCUT2D eigenvalue weighted by atomic mass is 35.5. The van der Waals surface area contributed by atoms with E-state index in [4.69, 9.17) is 26.3 Å². The number of nitrogens with zero attached hydrogens (tertiary/aromatic N) is 4. The Morgan fingerprint density at radius 1 is 1.15 bits per heavy atom. The van der Waals surface area contributed by atoms with Gasteiger partial charge in [0.2, 0.25) is 0 Å². The Hall–Kier alpha value is -2.42. The number of hydrogen-bond acceptors (Lipinski definition) is 8. The predicted octanol–water partition coefficient (Wildman–Crippen LogP) is 2.84. The maximum Gasteiger partial charge on any atom is 0.266 e. The minimum Gasteiger partial charge on any atom is -0.495 e. The molecule has 0 atom stereocenters. The van der Waals surface area contributed by atoms with E-state index in [2.05, 4.69) is 4.98 Å². The summed E-state index contributed by atoms with van der Waals surface area (Å²) in [6.07, 6.45) is 3.90. The quantitative estimate of drug-likeness (QED) is 0.418. The lowest BCUT2D eigenvalue weighted by Crippen LogP contribution is -2.31. The van der Waals surface area contributed by atoms with Gasteiger partial charge in [-0.3, -0.25) is 14.4 Å². The monoisotopic (exact) mass is 496 g/mol. The van der Waals surface area contributed by atoms with Crippen LogP contribution >= 0.6 is 11.6 Å². The van der Waals surface area contributed by atoms with Crippen LogP contribution in [0.15, 0.2) is 30.6 Å². The molecule has 0 aliphatic heterocycles. The first-order valence-electron chi connectivity index (χ1n) is 10.3. The predicted molar refractivity (Wildman–Crippen MR) is 126 cm³/mol. The first kappa shape index (κ1) is 26.8. The van der Waals surface area contributed by atoms with E-state index in [0.29, 0.717) is 35.2 Å². The molecule has 11 heteroatoms. The first-order chi connectivity index (χ1) is 15.6. The number of aromatic nitrogens is 1. The second-order valence-corrected chi connectivity index (χ2v) is 9.78. The Balaban J connectivity index is 2.25.